The molecular formula is C19H20N6O2. The monoisotopic (exact) mass is 364 g/mol. The molecule has 1 N–H and O–H groups in total. The van der Waals surface area contributed by atoms with Crippen LogP contribution in [0.3, 0.4) is 0 Å². The molecule has 0 bridgehead atoms. The summed E-state index contributed by atoms with van der Waals surface area (Å²) in [6.07, 6.45) is 7.43. The van der Waals surface area contributed by atoms with E-state index in [0.717, 1.165) is 30.1 Å². The second-order valence-corrected chi connectivity index (χ2v) is 6.91. The van der Waals surface area contributed by atoms with Crippen LogP contribution in [0.25, 0.3) is 11.2 Å². The van der Waals surface area contributed by atoms with Crippen LogP contribution in [0.1, 0.15) is 29.2 Å². The lowest BCUT2D eigenvalue weighted by molar-refractivity contribution is 0.102. The smallest absolute Gasteiger partial charge is 0.257 e. The highest BCUT2D eigenvalue weighted by atomic mass is 16.5. The third kappa shape index (κ3) is 3.23. The number of rotatable bonds is 4. The summed E-state index contributed by atoms with van der Waals surface area (Å²) in [4.78, 5) is 28.0. The predicted molar refractivity (Wildman–Crippen MR) is 101 cm³/mol. The number of nitrogens with zero attached hydrogens (tertiary/aromatic N) is 5. The standard InChI is InChI=1S/C19H20N6O2/c26-19(13-9-16-18(21-10-13)25(12-22-16)15-2-3-15)23-14-1-4-17(20-11-14)24-5-7-27-8-6-24/h1,4,9-12,15H,2-3,5-8H2,(H,23,26). The molecule has 3 aromatic heterocycles. The summed E-state index contributed by atoms with van der Waals surface area (Å²) < 4.78 is 7.44. The molecule has 3 aromatic rings. The van der Waals surface area contributed by atoms with Crippen LogP contribution in [0, 0.1) is 0 Å². The van der Waals surface area contributed by atoms with Gasteiger partial charge >= 0.3 is 0 Å². The lowest BCUT2D eigenvalue weighted by Crippen LogP contribution is -2.36. The summed E-state index contributed by atoms with van der Waals surface area (Å²) in [5, 5.41) is 2.88. The number of amides is 1. The summed E-state index contributed by atoms with van der Waals surface area (Å²) in [6, 6.07) is 6.08. The number of anilines is 2. The van der Waals surface area contributed by atoms with Gasteiger partial charge in [-0.05, 0) is 31.0 Å². The molecule has 0 unspecified atom stereocenters. The van der Waals surface area contributed by atoms with Crippen LogP contribution in [-0.2, 0) is 4.74 Å². The van der Waals surface area contributed by atoms with Gasteiger partial charge in [-0.25, -0.2) is 15.0 Å². The van der Waals surface area contributed by atoms with Crippen LogP contribution < -0.4 is 10.2 Å². The van der Waals surface area contributed by atoms with Gasteiger partial charge in [0.25, 0.3) is 5.91 Å². The average Bonchev–Trinajstić information content (AvgIpc) is 3.48. The Morgan fingerprint density at radius 1 is 1.11 bits per heavy atom. The zero-order valence-corrected chi connectivity index (χ0v) is 14.8. The number of imidazole rings is 1. The van der Waals surface area contributed by atoms with Crippen LogP contribution >= 0.6 is 0 Å². The number of aromatic nitrogens is 4. The van der Waals surface area contributed by atoms with Crippen molar-refractivity contribution in [2.24, 2.45) is 0 Å². The summed E-state index contributed by atoms with van der Waals surface area (Å²) in [5.41, 5.74) is 2.72. The quantitative estimate of drug-likeness (QED) is 0.764. The van der Waals surface area contributed by atoms with Crippen LogP contribution in [0.15, 0.2) is 36.9 Å². The van der Waals surface area contributed by atoms with Gasteiger partial charge < -0.3 is 19.5 Å². The third-order valence-corrected chi connectivity index (χ3v) is 4.96. The Balaban J connectivity index is 1.30. The first kappa shape index (κ1) is 16.2. The Hall–Kier alpha value is -3.00. The normalized spacial score (nSPS) is 17.3. The summed E-state index contributed by atoms with van der Waals surface area (Å²) in [5.74, 6) is 0.677. The molecule has 0 aromatic carbocycles. The molecule has 0 spiro atoms. The highest BCUT2D eigenvalue weighted by Gasteiger charge is 2.25. The van der Waals surface area contributed by atoms with Gasteiger partial charge in [0.2, 0.25) is 0 Å². The van der Waals surface area contributed by atoms with E-state index in [1.165, 1.54) is 12.8 Å². The maximum Gasteiger partial charge on any atom is 0.257 e. The van der Waals surface area contributed by atoms with E-state index in [2.05, 4.69) is 29.7 Å². The van der Waals surface area contributed by atoms with Crippen molar-refractivity contribution in [2.45, 2.75) is 18.9 Å². The minimum absolute atomic E-state index is 0.216. The third-order valence-electron chi connectivity index (χ3n) is 4.96. The number of hydrogen-bond donors (Lipinski definition) is 1. The molecule has 1 aliphatic heterocycles. The minimum atomic E-state index is -0.216. The summed E-state index contributed by atoms with van der Waals surface area (Å²) in [7, 11) is 0. The number of hydrogen-bond acceptors (Lipinski definition) is 6. The van der Waals surface area contributed by atoms with Crippen molar-refractivity contribution in [3.8, 4) is 0 Å². The van der Waals surface area contributed by atoms with Gasteiger partial charge in [-0.2, -0.15) is 0 Å². The van der Waals surface area contributed by atoms with E-state index in [0.29, 0.717) is 30.5 Å². The largest absolute Gasteiger partial charge is 0.378 e. The van der Waals surface area contributed by atoms with Crippen LogP contribution in [-0.4, -0.2) is 51.7 Å². The van der Waals surface area contributed by atoms with Gasteiger partial charge in [0.05, 0.1) is 37.0 Å². The molecule has 2 aliphatic rings. The zero-order chi connectivity index (χ0) is 18.2. The van der Waals surface area contributed by atoms with Gasteiger partial charge in [-0.1, -0.05) is 0 Å². The van der Waals surface area contributed by atoms with Gasteiger partial charge in [-0.3, -0.25) is 4.79 Å². The van der Waals surface area contributed by atoms with Crippen LogP contribution in [0.2, 0.25) is 0 Å². The van der Waals surface area contributed by atoms with Gasteiger partial charge in [-0.15, -0.1) is 0 Å². The maximum absolute atomic E-state index is 12.6. The predicted octanol–water partition coefficient (Wildman–Crippen LogP) is 2.25. The second kappa shape index (κ2) is 6.62. The number of carbonyl (C=O) groups excluding carboxylic acids is 1. The number of fused-ring (bicyclic) bond motifs is 1. The summed E-state index contributed by atoms with van der Waals surface area (Å²) >= 11 is 0. The van der Waals surface area contributed by atoms with Gasteiger partial charge in [0.15, 0.2) is 5.65 Å². The minimum Gasteiger partial charge on any atom is -0.378 e. The molecule has 1 saturated heterocycles. The van der Waals surface area contributed by atoms with Crippen molar-refractivity contribution in [3.63, 3.8) is 0 Å². The molecule has 8 nitrogen and oxygen atoms in total. The van der Waals surface area contributed by atoms with E-state index < -0.39 is 0 Å². The first-order valence-corrected chi connectivity index (χ1v) is 9.20. The topological polar surface area (TPSA) is 85.2 Å². The Morgan fingerprint density at radius 2 is 1.96 bits per heavy atom. The molecule has 0 atom stereocenters. The lowest BCUT2D eigenvalue weighted by atomic mass is 10.2. The first-order chi connectivity index (χ1) is 13.3. The highest BCUT2D eigenvalue weighted by Crippen LogP contribution is 2.36. The molecule has 0 radical (unpaired) electrons. The van der Waals surface area contributed by atoms with Crippen molar-refractivity contribution in [1.82, 2.24) is 19.5 Å². The number of pyridine rings is 2. The zero-order valence-electron chi connectivity index (χ0n) is 14.8. The Kier molecular flexibility index (Phi) is 3.97. The van der Waals surface area contributed by atoms with Crippen molar-refractivity contribution in [2.75, 3.05) is 36.5 Å². The molecule has 1 amide bonds. The maximum atomic E-state index is 12.6. The van der Waals surface area contributed by atoms with Crippen molar-refractivity contribution in [1.29, 1.82) is 0 Å². The molecular weight excluding hydrogens is 344 g/mol. The van der Waals surface area contributed by atoms with Gasteiger partial charge in [0, 0.05) is 25.3 Å². The molecule has 1 aliphatic carbocycles. The SMILES string of the molecule is O=C(Nc1ccc(N2CCOCC2)nc1)c1cnc2c(c1)ncn2C1CC1. The van der Waals surface area contributed by atoms with Crippen LogP contribution in [0.5, 0.6) is 0 Å². The fourth-order valence-electron chi connectivity index (χ4n) is 3.31. The van der Waals surface area contributed by atoms with Crippen LogP contribution in [0.4, 0.5) is 11.5 Å². The fourth-order valence-corrected chi connectivity index (χ4v) is 3.31. The average molecular weight is 364 g/mol. The molecule has 4 heterocycles. The summed E-state index contributed by atoms with van der Waals surface area (Å²) in [6.45, 7) is 3.09. The van der Waals surface area contributed by atoms with Crippen molar-refractivity contribution >= 4 is 28.6 Å². The van der Waals surface area contributed by atoms with E-state index in [9.17, 15) is 4.79 Å². The molecule has 27 heavy (non-hydrogen) atoms. The first-order valence-electron chi connectivity index (χ1n) is 9.20. The van der Waals surface area contributed by atoms with E-state index in [1.54, 1.807) is 18.5 Å². The van der Waals surface area contributed by atoms with Crippen molar-refractivity contribution in [3.05, 3.63) is 42.5 Å². The second-order valence-electron chi connectivity index (χ2n) is 6.91. The molecule has 1 saturated carbocycles. The number of ether oxygens (including phenoxy) is 1. The Bertz CT molecular complexity index is 974. The molecule has 138 valence electrons. The molecule has 5 rings (SSSR count). The number of nitrogens with one attached hydrogen (secondary N) is 1. The Labute approximate surface area is 156 Å². The van der Waals surface area contributed by atoms with Gasteiger partial charge in [0.1, 0.15) is 11.3 Å². The molecule has 8 heteroatoms. The van der Waals surface area contributed by atoms with Crippen molar-refractivity contribution < 1.29 is 9.53 Å². The number of morpholine rings is 1. The van der Waals surface area contributed by atoms with E-state index >= 15 is 0 Å². The lowest BCUT2D eigenvalue weighted by Gasteiger charge is -2.27. The van der Waals surface area contributed by atoms with E-state index in [-0.39, 0.29) is 5.91 Å². The molecule has 2 fully saturated rings. The highest BCUT2D eigenvalue weighted by molar-refractivity contribution is 6.05. The fraction of sp³-hybridized carbons (Fsp3) is 0.368. The van der Waals surface area contributed by atoms with E-state index in [4.69, 9.17) is 4.74 Å². The van der Waals surface area contributed by atoms with E-state index in [1.807, 2.05) is 18.5 Å². The number of carbonyl (C=O) groups is 1. The Morgan fingerprint density at radius 3 is 2.70 bits per heavy atom.